The van der Waals surface area contributed by atoms with Crippen LogP contribution in [-0.2, 0) is 4.79 Å². The number of hydrogen-bond acceptors (Lipinski definition) is 4. The van der Waals surface area contributed by atoms with Crippen LogP contribution in [0.1, 0.15) is 36.0 Å². The van der Waals surface area contributed by atoms with Crippen molar-refractivity contribution >= 4 is 11.7 Å². The van der Waals surface area contributed by atoms with Crippen LogP contribution < -0.4 is 5.32 Å². The van der Waals surface area contributed by atoms with Gasteiger partial charge in [-0.1, -0.05) is 0 Å². The van der Waals surface area contributed by atoms with E-state index >= 15 is 0 Å². The van der Waals surface area contributed by atoms with Crippen molar-refractivity contribution in [2.45, 2.75) is 31.7 Å². The highest BCUT2D eigenvalue weighted by Gasteiger charge is 2.20. The van der Waals surface area contributed by atoms with Gasteiger partial charge in [0.15, 0.2) is 0 Å². The van der Waals surface area contributed by atoms with Crippen molar-refractivity contribution in [1.29, 1.82) is 0 Å². The highest BCUT2D eigenvalue weighted by molar-refractivity contribution is 5.93. The van der Waals surface area contributed by atoms with Crippen LogP contribution in [0.4, 0.5) is 0 Å². The van der Waals surface area contributed by atoms with E-state index in [0.717, 1.165) is 12.8 Å². The summed E-state index contributed by atoms with van der Waals surface area (Å²) in [5.74, 6) is 0.119. The summed E-state index contributed by atoms with van der Waals surface area (Å²) >= 11 is 0. The molecule has 0 aliphatic heterocycles. The molecule has 0 atom stereocenters. The molecule has 0 aromatic carbocycles. The third-order valence-electron chi connectivity index (χ3n) is 2.70. The zero-order valence-corrected chi connectivity index (χ0v) is 8.85. The summed E-state index contributed by atoms with van der Waals surface area (Å²) < 4.78 is 0. The Bertz CT molecular complexity index is 381. The number of carbonyl (C=O) groups is 2. The van der Waals surface area contributed by atoms with Crippen LogP contribution in [0.25, 0.3) is 0 Å². The zero-order valence-electron chi connectivity index (χ0n) is 8.85. The lowest BCUT2D eigenvalue weighted by Gasteiger charge is -2.21. The molecule has 0 spiro atoms. The third-order valence-corrected chi connectivity index (χ3v) is 2.70. The summed E-state index contributed by atoms with van der Waals surface area (Å²) in [6, 6.07) is 0.102. The average molecular weight is 219 g/mol. The fourth-order valence-corrected chi connectivity index (χ4v) is 1.77. The summed E-state index contributed by atoms with van der Waals surface area (Å²) in [5.41, 5.74) is 0.458. The molecular weight excluding hydrogens is 206 g/mol. The number of rotatable bonds is 2. The van der Waals surface area contributed by atoms with E-state index in [2.05, 4.69) is 15.3 Å². The summed E-state index contributed by atoms with van der Waals surface area (Å²) in [4.78, 5) is 30.3. The van der Waals surface area contributed by atoms with E-state index in [9.17, 15) is 9.59 Å². The van der Waals surface area contributed by atoms with Gasteiger partial charge in [-0.05, 0) is 12.8 Å². The molecule has 1 saturated carbocycles. The summed E-state index contributed by atoms with van der Waals surface area (Å²) in [6.45, 7) is 0. The van der Waals surface area contributed by atoms with Crippen molar-refractivity contribution in [3.63, 3.8) is 0 Å². The van der Waals surface area contributed by atoms with E-state index in [-0.39, 0.29) is 17.7 Å². The SMILES string of the molecule is O=C1CCC(NC(=O)c2cncnc2)CC1. The fourth-order valence-electron chi connectivity index (χ4n) is 1.77. The quantitative estimate of drug-likeness (QED) is 0.795. The van der Waals surface area contributed by atoms with E-state index in [1.807, 2.05) is 0 Å². The minimum atomic E-state index is -0.167. The van der Waals surface area contributed by atoms with Crippen molar-refractivity contribution in [1.82, 2.24) is 15.3 Å². The Morgan fingerprint density at radius 2 is 1.88 bits per heavy atom. The van der Waals surface area contributed by atoms with Crippen molar-refractivity contribution < 1.29 is 9.59 Å². The number of nitrogens with one attached hydrogen (secondary N) is 1. The van der Waals surface area contributed by atoms with E-state index in [0.29, 0.717) is 18.4 Å². The molecule has 1 aromatic rings. The summed E-state index contributed by atoms with van der Waals surface area (Å²) in [5, 5.41) is 2.88. The molecule has 1 aromatic heterocycles. The maximum absolute atomic E-state index is 11.7. The third kappa shape index (κ3) is 2.62. The van der Waals surface area contributed by atoms with Crippen LogP contribution in [0.5, 0.6) is 0 Å². The van der Waals surface area contributed by atoms with Crippen molar-refractivity contribution in [2.24, 2.45) is 0 Å². The van der Waals surface area contributed by atoms with Crippen molar-refractivity contribution in [3.8, 4) is 0 Å². The number of amides is 1. The molecule has 2 rings (SSSR count). The molecule has 0 saturated heterocycles. The molecular formula is C11H13N3O2. The van der Waals surface area contributed by atoms with Gasteiger partial charge in [-0.3, -0.25) is 9.59 Å². The topological polar surface area (TPSA) is 72.0 Å². The van der Waals surface area contributed by atoms with Gasteiger partial charge in [-0.2, -0.15) is 0 Å². The smallest absolute Gasteiger partial charge is 0.254 e. The van der Waals surface area contributed by atoms with Gasteiger partial charge in [0.05, 0.1) is 5.56 Å². The molecule has 1 amide bonds. The predicted molar refractivity (Wildman–Crippen MR) is 56.8 cm³/mol. The van der Waals surface area contributed by atoms with Crippen LogP contribution >= 0.6 is 0 Å². The van der Waals surface area contributed by atoms with Gasteiger partial charge in [0, 0.05) is 31.3 Å². The number of carbonyl (C=O) groups excluding carboxylic acids is 2. The molecule has 0 unspecified atom stereocenters. The number of nitrogens with zero attached hydrogens (tertiary/aromatic N) is 2. The molecule has 1 aliphatic carbocycles. The van der Waals surface area contributed by atoms with Crippen molar-refractivity contribution in [2.75, 3.05) is 0 Å². The highest BCUT2D eigenvalue weighted by Crippen LogP contribution is 2.15. The van der Waals surface area contributed by atoms with Gasteiger partial charge < -0.3 is 5.32 Å². The van der Waals surface area contributed by atoms with Crippen LogP contribution in [0.3, 0.4) is 0 Å². The molecule has 0 bridgehead atoms. The Hall–Kier alpha value is -1.78. The van der Waals surface area contributed by atoms with Crippen molar-refractivity contribution in [3.05, 3.63) is 24.3 Å². The monoisotopic (exact) mass is 219 g/mol. The maximum Gasteiger partial charge on any atom is 0.254 e. The Kier molecular flexibility index (Phi) is 3.24. The zero-order chi connectivity index (χ0) is 11.4. The molecule has 1 aliphatic rings. The van der Waals surface area contributed by atoms with E-state index in [1.165, 1.54) is 18.7 Å². The maximum atomic E-state index is 11.7. The number of hydrogen-bond donors (Lipinski definition) is 1. The lowest BCUT2D eigenvalue weighted by Crippen LogP contribution is -2.37. The summed E-state index contributed by atoms with van der Waals surface area (Å²) in [7, 11) is 0. The molecule has 1 fully saturated rings. The average Bonchev–Trinajstić information content (AvgIpc) is 2.33. The highest BCUT2D eigenvalue weighted by atomic mass is 16.1. The molecule has 0 radical (unpaired) electrons. The molecule has 5 heteroatoms. The molecule has 5 nitrogen and oxygen atoms in total. The number of Topliss-reactive ketones (excluding diaryl/α,β-unsaturated/α-hetero) is 1. The Morgan fingerprint density at radius 3 is 2.50 bits per heavy atom. The molecule has 16 heavy (non-hydrogen) atoms. The van der Waals surface area contributed by atoms with Gasteiger partial charge in [0.2, 0.25) is 0 Å². The number of aromatic nitrogens is 2. The second-order valence-corrected chi connectivity index (χ2v) is 3.91. The van der Waals surface area contributed by atoms with E-state index in [1.54, 1.807) is 0 Å². The Balaban J connectivity index is 1.91. The Labute approximate surface area is 93.3 Å². The van der Waals surface area contributed by atoms with Crippen LogP contribution in [-0.4, -0.2) is 27.7 Å². The van der Waals surface area contributed by atoms with Gasteiger partial charge in [-0.15, -0.1) is 0 Å². The summed E-state index contributed by atoms with van der Waals surface area (Å²) in [6.07, 6.45) is 6.95. The first-order chi connectivity index (χ1) is 7.75. The normalized spacial score (nSPS) is 17.1. The molecule has 84 valence electrons. The minimum absolute atomic E-state index is 0.102. The molecule has 1 heterocycles. The number of ketones is 1. The van der Waals surface area contributed by atoms with E-state index in [4.69, 9.17) is 0 Å². The standard InChI is InChI=1S/C11H13N3O2/c15-10-3-1-9(2-4-10)14-11(16)8-5-12-7-13-6-8/h5-7,9H,1-4H2,(H,14,16). The van der Waals surface area contributed by atoms with Gasteiger partial charge in [-0.25, -0.2) is 9.97 Å². The first-order valence-electron chi connectivity index (χ1n) is 5.33. The van der Waals surface area contributed by atoms with Crippen LogP contribution in [0.15, 0.2) is 18.7 Å². The van der Waals surface area contributed by atoms with Crippen LogP contribution in [0, 0.1) is 0 Å². The van der Waals surface area contributed by atoms with Gasteiger partial charge in [0.1, 0.15) is 12.1 Å². The van der Waals surface area contributed by atoms with Crippen LogP contribution in [0.2, 0.25) is 0 Å². The minimum Gasteiger partial charge on any atom is -0.349 e. The lowest BCUT2D eigenvalue weighted by atomic mass is 9.94. The van der Waals surface area contributed by atoms with Gasteiger partial charge >= 0.3 is 0 Å². The van der Waals surface area contributed by atoms with Gasteiger partial charge in [0.25, 0.3) is 5.91 Å². The first kappa shape index (κ1) is 10.7. The van der Waals surface area contributed by atoms with E-state index < -0.39 is 0 Å². The first-order valence-corrected chi connectivity index (χ1v) is 5.33. The predicted octanol–water partition coefficient (Wildman–Crippen LogP) is 0.718. The Morgan fingerprint density at radius 1 is 1.25 bits per heavy atom. The largest absolute Gasteiger partial charge is 0.349 e. The molecule has 1 N–H and O–H groups in total. The fraction of sp³-hybridized carbons (Fsp3) is 0.455. The second-order valence-electron chi connectivity index (χ2n) is 3.91. The lowest BCUT2D eigenvalue weighted by molar-refractivity contribution is -0.120. The second kappa shape index (κ2) is 4.83.